The van der Waals surface area contributed by atoms with Gasteiger partial charge in [-0.05, 0) is 214 Å². The van der Waals surface area contributed by atoms with Crippen LogP contribution in [0.2, 0.25) is 0 Å². The zero-order valence-electron chi connectivity index (χ0n) is 69.4. The maximum absolute atomic E-state index is 6.11. The number of H-pyrrole nitrogens is 2. The minimum atomic E-state index is 0.208. The average Bonchev–Trinajstić information content (AvgIpc) is 1.67. The topological polar surface area (TPSA) is 171 Å². The molecular formula is C89H133N13O6. The van der Waals surface area contributed by atoms with Gasteiger partial charge in [-0.3, -0.25) is 24.9 Å². The molecule has 1 unspecified atom stereocenters. The number of likely N-dealkylation sites (N-methyl/N-ethyl adjacent to an activating group) is 2. The SMILES string of the molecule is CCCCN(C)Cc1[nH]nc2ccc(OC(C)C(C)C)cc12.CCCCN(C)Cc1[nH]nc2ccc(OCCOC)cc12.CCCCN(C)Cc1nn(C)c2ccc(OCC(C)C)cc12.CCCN(C)CC1=NCc2ccc(OCC(C)C)cc21.CCCN(C)CC1=NCc2cccc(OCc3ccccc3)c21. The van der Waals surface area contributed by atoms with E-state index in [1.807, 2.05) is 60.3 Å². The number of methoxy groups -OCH3 is 1. The second kappa shape index (κ2) is 46.4. The third-order valence-corrected chi connectivity index (χ3v) is 19.0. The number of benzene rings is 6. The van der Waals surface area contributed by atoms with Crippen molar-refractivity contribution in [1.82, 2.24) is 54.7 Å². The van der Waals surface area contributed by atoms with Crippen molar-refractivity contribution in [2.75, 3.05) is 115 Å². The largest absolute Gasteiger partial charge is 0.493 e. The third kappa shape index (κ3) is 28.4. The number of aromatic nitrogens is 6. The molecule has 11 rings (SSSR count). The van der Waals surface area contributed by atoms with Crippen LogP contribution in [0.1, 0.15) is 179 Å². The van der Waals surface area contributed by atoms with E-state index in [4.69, 9.17) is 38.5 Å². The standard InChI is InChI=1S/C20H24N2O.2C18H29N3O.C17H26N2O.C16H25N3O2/c1-3-12-22(2)14-18-20-17(13-21-18)10-7-11-19(20)23-15-16-8-5-4-6-9-16;1-6-7-10-20(4)12-17-16-11-15(22-13-14(2)3)8-9-18(16)21(5)19-17;1-6-7-10-21(5)12-18-16-11-15(22-14(4)13(2)3)8-9-17(16)19-20-18;1-5-8-19(4)11-17-16-9-15(20-12-13(2)3)7-6-14(16)10-18-17;1-4-5-8-19(2)12-16-14-11-13(21-10-9-20-3)6-7-15(14)17-18-16/h4-11H,3,12-15H2,1-2H3;8-9,11,14H,6-7,10,12-13H2,1-5H3;8-9,11,13-14H,6-7,10,12H2,1-5H3,(H,19,20);6-7,9,13H,5,8,10-12H2,1-4H3;6-7,11H,4-5,8-10,12H2,1-3H3,(H,17,18). The zero-order chi connectivity index (χ0) is 77.9. The highest BCUT2D eigenvalue weighted by Crippen LogP contribution is 2.32. The lowest BCUT2D eigenvalue weighted by Gasteiger charge is -2.18. The van der Waals surface area contributed by atoms with Gasteiger partial charge < -0.3 is 52.9 Å². The molecule has 0 radical (unpaired) electrons. The van der Waals surface area contributed by atoms with Gasteiger partial charge in [-0.1, -0.05) is 144 Å². The lowest BCUT2D eigenvalue weighted by atomic mass is 10.0. The summed E-state index contributed by atoms with van der Waals surface area (Å²) in [5.41, 5.74) is 15.2. The van der Waals surface area contributed by atoms with Crippen molar-refractivity contribution in [2.45, 2.75) is 180 Å². The van der Waals surface area contributed by atoms with E-state index >= 15 is 0 Å². The van der Waals surface area contributed by atoms with Gasteiger partial charge in [-0.25, -0.2) is 0 Å². The molecule has 1 atom stereocenters. The van der Waals surface area contributed by atoms with Gasteiger partial charge in [0, 0.05) is 74.2 Å². The monoisotopic (exact) mass is 1480 g/mol. The molecule has 9 aromatic rings. The molecule has 590 valence electrons. The summed E-state index contributed by atoms with van der Waals surface area (Å²) in [6, 6.07) is 41.4. The lowest BCUT2D eigenvalue weighted by Crippen LogP contribution is -2.26. The van der Waals surface area contributed by atoms with Crippen molar-refractivity contribution < 1.29 is 28.4 Å². The molecule has 0 amide bonds. The van der Waals surface area contributed by atoms with Gasteiger partial charge in [0.2, 0.25) is 0 Å². The van der Waals surface area contributed by atoms with Crippen molar-refractivity contribution in [2.24, 2.45) is 34.8 Å². The maximum Gasteiger partial charge on any atom is 0.129 e. The van der Waals surface area contributed by atoms with Crippen LogP contribution in [0.4, 0.5) is 0 Å². The van der Waals surface area contributed by atoms with Gasteiger partial charge in [0.1, 0.15) is 42.0 Å². The molecule has 19 nitrogen and oxygen atoms in total. The molecule has 0 bridgehead atoms. The number of nitrogens with zero attached hydrogens (tertiary/aromatic N) is 11. The fraction of sp³-hybridized carbons (Fsp3) is 0.539. The Hall–Kier alpha value is -8.17. The van der Waals surface area contributed by atoms with Crippen LogP contribution in [0, 0.1) is 17.8 Å². The van der Waals surface area contributed by atoms with Crippen LogP contribution in [-0.2, 0) is 51.1 Å². The Balaban J connectivity index is 0.000000188. The van der Waals surface area contributed by atoms with Crippen LogP contribution in [0.3, 0.4) is 0 Å². The van der Waals surface area contributed by atoms with Gasteiger partial charge >= 0.3 is 0 Å². The Morgan fingerprint density at radius 1 is 0.472 bits per heavy atom. The minimum Gasteiger partial charge on any atom is -0.493 e. The molecule has 108 heavy (non-hydrogen) atoms. The van der Waals surface area contributed by atoms with Gasteiger partial charge in [-0.2, -0.15) is 15.3 Å². The van der Waals surface area contributed by atoms with E-state index in [2.05, 4.69) is 241 Å². The molecule has 2 N–H and O–H groups in total. The predicted octanol–water partition coefficient (Wildman–Crippen LogP) is 18.2. The molecular weight excluding hydrogens is 1350 g/mol. The number of hydrogen-bond acceptors (Lipinski definition) is 16. The van der Waals surface area contributed by atoms with E-state index in [1.54, 1.807) is 7.11 Å². The quantitative estimate of drug-likeness (QED) is 0.0349. The van der Waals surface area contributed by atoms with E-state index in [-0.39, 0.29) is 6.10 Å². The van der Waals surface area contributed by atoms with E-state index in [0.717, 1.165) is 177 Å². The number of fused-ring (bicyclic) bond motifs is 5. The molecule has 19 heteroatoms. The van der Waals surface area contributed by atoms with E-state index in [1.165, 1.54) is 83.9 Å². The van der Waals surface area contributed by atoms with Gasteiger partial charge in [-0.15, -0.1) is 0 Å². The summed E-state index contributed by atoms with van der Waals surface area (Å²) < 4.78 is 36.4. The molecule has 0 saturated heterocycles. The molecule has 5 heterocycles. The molecule has 0 aliphatic carbocycles. The number of aromatic amines is 2. The highest BCUT2D eigenvalue weighted by Gasteiger charge is 2.23. The maximum atomic E-state index is 6.11. The Labute approximate surface area is 648 Å². The van der Waals surface area contributed by atoms with Crippen LogP contribution >= 0.6 is 0 Å². The Kier molecular flexibility index (Phi) is 37.4. The normalized spacial score (nSPS) is 12.7. The highest BCUT2D eigenvalue weighted by atomic mass is 16.5. The fourth-order valence-corrected chi connectivity index (χ4v) is 12.6. The number of ether oxygens (including phenoxy) is 6. The Morgan fingerprint density at radius 2 is 0.981 bits per heavy atom. The third-order valence-electron chi connectivity index (χ3n) is 19.0. The van der Waals surface area contributed by atoms with Gasteiger partial charge in [0.15, 0.2) is 0 Å². The summed E-state index contributed by atoms with van der Waals surface area (Å²) in [5, 5.41) is 23.3. The first-order chi connectivity index (χ1) is 52.1. The van der Waals surface area contributed by atoms with E-state index in [9.17, 15) is 0 Å². The van der Waals surface area contributed by atoms with Crippen LogP contribution in [0.15, 0.2) is 131 Å². The first-order valence-corrected chi connectivity index (χ1v) is 40.0. The lowest BCUT2D eigenvalue weighted by molar-refractivity contribution is 0.146. The molecule has 3 aromatic heterocycles. The summed E-state index contributed by atoms with van der Waals surface area (Å²) in [5.74, 6) is 6.21. The first-order valence-electron chi connectivity index (χ1n) is 40.0. The van der Waals surface area contributed by atoms with Crippen LogP contribution in [0.5, 0.6) is 28.7 Å². The number of aryl methyl sites for hydroxylation is 1. The molecule has 2 aliphatic heterocycles. The van der Waals surface area contributed by atoms with Crippen molar-refractivity contribution in [3.05, 3.63) is 166 Å². The molecule has 0 spiro atoms. The minimum absolute atomic E-state index is 0.208. The van der Waals surface area contributed by atoms with E-state index in [0.29, 0.717) is 37.6 Å². The fourth-order valence-electron chi connectivity index (χ4n) is 12.6. The number of nitrogens with one attached hydrogen (secondary N) is 2. The van der Waals surface area contributed by atoms with Crippen LogP contribution < -0.4 is 23.7 Å². The average molecular weight is 1480 g/mol. The molecule has 2 aliphatic rings. The second-order valence-corrected chi connectivity index (χ2v) is 30.5. The highest BCUT2D eigenvalue weighted by molar-refractivity contribution is 6.07. The summed E-state index contributed by atoms with van der Waals surface area (Å²) in [4.78, 5) is 21.1. The Morgan fingerprint density at radius 3 is 1.56 bits per heavy atom. The summed E-state index contributed by atoms with van der Waals surface area (Å²) >= 11 is 0. The number of unbranched alkanes of at least 4 members (excludes halogenated alkanes) is 3. The molecule has 6 aromatic carbocycles. The summed E-state index contributed by atoms with van der Waals surface area (Å²) in [6.07, 6.45) is 9.86. The van der Waals surface area contributed by atoms with Gasteiger partial charge in [0.25, 0.3) is 0 Å². The summed E-state index contributed by atoms with van der Waals surface area (Å²) in [6.45, 7) is 41.0. The summed E-state index contributed by atoms with van der Waals surface area (Å²) in [7, 11) is 14.4. The first kappa shape index (κ1) is 87.1. The predicted molar refractivity (Wildman–Crippen MR) is 449 cm³/mol. The van der Waals surface area contributed by atoms with Crippen LogP contribution in [-0.4, -0.2) is 187 Å². The zero-order valence-corrected chi connectivity index (χ0v) is 69.4. The van der Waals surface area contributed by atoms with E-state index < -0.39 is 0 Å². The van der Waals surface area contributed by atoms with Crippen molar-refractivity contribution in [1.29, 1.82) is 0 Å². The smallest absolute Gasteiger partial charge is 0.129 e. The molecule has 0 fully saturated rings. The number of rotatable bonds is 39. The van der Waals surface area contributed by atoms with Crippen molar-refractivity contribution in [3.63, 3.8) is 0 Å². The number of hydrogen-bond donors (Lipinski definition) is 2. The van der Waals surface area contributed by atoms with Crippen LogP contribution in [0.25, 0.3) is 32.7 Å². The second-order valence-electron chi connectivity index (χ2n) is 30.5. The van der Waals surface area contributed by atoms with Crippen molar-refractivity contribution >= 4 is 44.1 Å². The molecule has 0 saturated carbocycles. The van der Waals surface area contributed by atoms with Gasteiger partial charge in [0.05, 0.1) is 84.1 Å². The Bertz CT molecular complexity index is 4120. The van der Waals surface area contributed by atoms with Crippen molar-refractivity contribution in [3.8, 4) is 28.7 Å². The number of aliphatic imine (C=N–C) groups is 2.